The second-order valence-electron chi connectivity index (χ2n) is 5.15. The van der Waals surface area contributed by atoms with Gasteiger partial charge in [-0.25, -0.2) is 0 Å². The van der Waals surface area contributed by atoms with Gasteiger partial charge in [-0.1, -0.05) is 27.2 Å². The summed E-state index contributed by atoms with van der Waals surface area (Å²) in [4.78, 5) is 2.63. The molecule has 0 fully saturated rings. The summed E-state index contributed by atoms with van der Waals surface area (Å²) >= 11 is 0. The Labute approximate surface area is 114 Å². The maximum Gasteiger partial charge on any atom is 0.0589 e. The maximum absolute atomic E-state index is 5.27. The fraction of sp³-hybridized carbons (Fsp3) is 1.00. The van der Waals surface area contributed by atoms with Crippen molar-refractivity contribution in [3.8, 4) is 0 Å². The minimum Gasteiger partial charge on any atom is -0.383 e. The molecule has 0 aliphatic heterocycles. The van der Waals surface area contributed by atoms with Gasteiger partial charge in [-0.3, -0.25) is 4.90 Å². The van der Waals surface area contributed by atoms with Crippen LogP contribution in [0.15, 0.2) is 0 Å². The lowest BCUT2D eigenvalue weighted by Crippen LogP contribution is -2.52. The van der Waals surface area contributed by atoms with Crippen LogP contribution in [0.2, 0.25) is 0 Å². The molecular weight excluding hydrogens is 224 g/mol. The Morgan fingerprint density at radius 1 is 1.17 bits per heavy atom. The molecule has 0 bridgehead atoms. The first kappa shape index (κ1) is 17.9. The van der Waals surface area contributed by atoms with E-state index in [1.807, 2.05) is 0 Å². The van der Waals surface area contributed by atoms with Crippen LogP contribution in [0.25, 0.3) is 0 Å². The van der Waals surface area contributed by atoms with E-state index in [2.05, 4.69) is 45.0 Å². The zero-order chi connectivity index (χ0) is 14.0. The van der Waals surface area contributed by atoms with Gasteiger partial charge in [0, 0.05) is 31.8 Å². The first-order valence-corrected chi connectivity index (χ1v) is 7.57. The van der Waals surface area contributed by atoms with Gasteiger partial charge in [0.2, 0.25) is 0 Å². The van der Waals surface area contributed by atoms with Crippen molar-refractivity contribution in [1.82, 2.24) is 10.2 Å². The van der Waals surface area contributed by atoms with Crippen molar-refractivity contribution in [3.63, 3.8) is 0 Å². The summed E-state index contributed by atoms with van der Waals surface area (Å²) in [5.74, 6) is 0. The molecule has 0 spiro atoms. The second kappa shape index (κ2) is 10.8. The topological polar surface area (TPSA) is 24.5 Å². The summed E-state index contributed by atoms with van der Waals surface area (Å²) in [6, 6.07) is 1.82. The van der Waals surface area contributed by atoms with Crippen LogP contribution < -0.4 is 5.32 Å². The molecular formula is C15H34N2O. The number of ether oxygens (including phenoxy) is 1. The highest BCUT2D eigenvalue weighted by Crippen LogP contribution is 2.17. The quantitative estimate of drug-likeness (QED) is 0.617. The van der Waals surface area contributed by atoms with Crippen molar-refractivity contribution in [2.45, 2.75) is 71.5 Å². The number of hydrogen-bond acceptors (Lipinski definition) is 3. The van der Waals surface area contributed by atoms with Crippen LogP contribution >= 0.6 is 0 Å². The van der Waals surface area contributed by atoms with Crippen molar-refractivity contribution < 1.29 is 4.74 Å². The number of nitrogens with one attached hydrogen (secondary N) is 1. The molecule has 0 rings (SSSR count). The lowest BCUT2D eigenvalue weighted by molar-refractivity contribution is 0.0677. The summed E-state index contributed by atoms with van der Waals surface area (Å²) in [5.41, 5.74) is 0. The van der Waals surface area contributed by atoms with E-state index in [1.165, 1.54) is 25.7 Å². The Balaban J connectivity index is 4.75. The number of hydrogen-bond donors (Lipinski definition) is 1. The predicted molar refractivity (Wildman–Crippen MR) is 80.2 cm³/mol. The van der Waals surface area contributed by atoms with E-state index in [1.54, 1.807) is 7.11 Å². The predicted octanol–water partition coefficient (Wildman–Crippen LogP) is 2.90. The standard InChI is InChI=1S/C15H34N2O/c1-7-10-14(16-5)15(9-3)17(11-12-18-6)13(4)8-2/h13-16H,7-12H2,1-6H3. The van der Waals surface area contributed by atoms with Gasteiger partial charge < -0.3 is 10.1 Å². The van der Waals surface area contributed by atoms with Gasteiger partial charge in [0.05, 0.1) is 6.61 Å². The summed E-state index contributed by atoms with van der Waals surface area (Å²) < 4.78 is 5.27. The molecule has 0 aromatic heterocycles. The molecule has 3 atom stereocenters. The third-order valence-corrected chi connectivity index (χ3v) is 3.99. The van der Waals surface area contributed by atoms with Crippen LogP contribution in [0.3, 0.4) is 0 Å². The monoisotopic (exact) mass is 258 g/mol. The van der Waals surface area contributed by atoms with Crippen LogP contribution in [0.5, 0.6) is 0 Å². The highest BCUT2D eigenvalue weighted by atomic mass is 16.5. The molecule has 0 aliphatic rings. The van der Waals surface area contributed by atoms with Crippen molar-refractivity contribution in [2.24, 2.45) is 0 Å². The van der Waals surface area contributed by atoms with Gasteiger partial charge in [0.25, 0.3) is 0 Å². The number of nitrogens with zero attached hydrogens (tertiary/aromatic N) is 1. The van der Waals surface area contributed by atoms with Gasteiger partial charge >= 0.3 is 0 Å². The molecule has 0 aromatic carbocycles. The normalized spacial score (nSPS) is 16.8. The third-order valence-electron chi connectivity index (χ3n) is 3.99. The molecule has 18 heavy (non-hydrogen) atoms. The Kier molecular flexibility index (Phi) is 10.7. The minimum atomic E-state index is 0.589. The highest BCUT2D eigenvalue weighted by molar-refractivity contribution is 4.85. The van der Waals surface area contributed by atoms with Gasteiger partial charge in [-0.2, -0.15) is 0 Å². The van der Waals surface area contributed by atoms with E-state index in [4.69, 9.17) is 4.74 Å². The summed E-state index contributed by atoms with van der Waals surface area (Å²) in [5, 5.41) is 3.51. The molecule has 3 nitrogen and oxygen atoms in total. The van der Waals surface area contributed by atoms with E-state index in [-0.39, 0.29) is 0 Å². The zero-order valence-corrected chi connectivity index (χ0v) is 13.3. The molecule has 110 valence electrons. The van der Waals surface area contributed by atoms with Gasteiger partial charge in [-0.05, 0) is 33.2 Å². The molecule has 3 heteroatoms. The maximum atomic E-state index is 5.27. The average molecular weight is 258 g/mol. The van der Waals surface area contributed by atoms with E-state index in [9.17, 15) is 0 Å². The Hall–Kier alpha value is -0.120. The zero-order valence-electron chi connectivity index (χ0n) is 13.3. The number of rotatable bonds is 11. The fourth-order valence-electron chi connectivity index (χ4n) is 2.73. The number of methoxy groups -OCH3 is 1. The van der Waals surface area contributed by atoms with E-state index >= 15 is 0 Å². The van der Waals surface area contributed by atoms with Gasteiger partial charge in [-0.15, -0.1) is 0 Å². The molecule has 0 aliphatic carbocycles. The van der Waals surface area contributed by atoms with Crippen LogP contribution in [0.1, 0.15) is 53.4 Å². The van der Waals surface area contributed by atoms with Crippen molar-refractivity contribution in [3.05, 3.63) is 0 Å². The minimum absolute atomic E-state index is 0.589. The van der Waals surface area contributed by atoms with E-state index < -0.39 is 0 Å². The van der Waals surface area contributed by atoms with Crippen molar-refractivity contribution >= 4 is 0 Å². The molecule has 1 N–H and O–H groups in total. The molecule has 0 aromatic rings. The SMILES string of the molecule is CCCC(NC)C(CC)N(CCOC)C(C)CC. The lowest BCUT2D eigenvalue weighted by atomic mass is 9.97. The Morgan fingerprint density at radius 3 is 2.22 bits per heavy atom. The summed E-state index contributed by atoms with van der Waals surface area (Å²) in [7, 11) is 3.88. The van der Waals surface area contributed by atoms with Crippen molar-refractivity contribution in [2.75, 3.05) is 27.3 Å². The summed E-state index contributed by atoms with van der Waals surface area (Å²) in [6.45, 7) is 11.0. The van der Waals surface area contributed by atoms with Crippen LogP contribution in [0.4, 0.5) is 0 Å². The Morgan fingerprint density at radius 2 is 1.83 bits per heavy atom. The largest absolute Gasteiger partial charge is 0.383 e. The third kappa shape index (κ3) is 5.68. The Bertz CT molecular complexity index is 187. The molecule has 3 unspecified atom stereocenters. The molecule has 0 saturated heterocycles. The van der Waals surface area contributed by atoms with Crippen LogP contribution in [-0.2, 0) is 4.74 Å². The second-order valence-corrected chi connectivity index (χ2v) is 5.15. The first-order chi connectivity index (χ1) is 8.65. The number of likely N-dealkylation sites (N-methyl/N-ethyl adjacent to an activating group) is 1. The lowest BCUT2D eigenvalue weighted by Gasteiger charge is -2.40. The molecule has 0 radical (unpaired) electrons. The van der Waals surface area contributed by atoms with Crippen LogP contribution in [0, 0.1) is 0 Å². The fourth-order valence-corrected chi connectivity index (χ4v) is 2.73. The van der Waals surface area contributed by atoms with E-state index in [0.717, 1.165) is 13.2 Å². The molecule has 0 heterocycles. The summed E-state index contributed by atoms with van der Waals surface area (Å²) in [6.07, 6.45) is 4.87. The molecule has 0 saturated carbocycles. The molecule has 0 amide bonds. The van der Waals surface area contributed by atoms with E-state index in [0.29, 0.717) is 18.1 Å². The highest BCUT2D eigenvalue weighted by Gasteiger charge is 2.27. The smallest absolute Gasteiger partial charge is 0.0589 e. The van der Waals surface area contributed by atoms with Gasteiger partial charge in [0.15, 0.2) is 0 Å². The van der Waals surface area contributed by atoms with Crippen molar-refractivity contribution in [1.29, 1.82) is 0 Å². The van der Waals surface area contributed by atoms with Crippen LogP contribution in [-0.4, -0.2) is 50.3 Å². The van der Waals surface area contributed by atoms with Gasteiger partial charge in [0.1, 0.15) is 0 Å². The first-order valence-electron chi connectivity index (χ1n) is 7.57. The average Bonchev–Trinajstić information content (AvgIpc) is 2.40.